The second-order valence-corrected chi connectivity index (χ2v) is 4.72. The van der Waals surface area contributed by atoms with Gasteiger partial charge in [0.25, 0.3) is 0 Å². The first-order valence-electron chi connectivity index (χ1n) is 6.39. The Labute approximate surface area is 116 Å². The number of benzene rings is 2. The lowest BCUT2D eigenvalue weighted by Crippen LogP contribution is -2.18. The lowest BCUT2D eigenvalue weighted by atomic mass is 10.00. The van der Waals surface area contributed by atoms with Crippen molar-refractivity contribution in [3.63, 3.8) is 0 Å². The number of carboxylic acid groups (broad SMARTS) is 1. The average molecular weight is 270 g/mol. The lowest BCUT2D eigenvalue weighted by molar-refractivity contribution is 0.0686. The molecule has 1 aliphatic rings. The predicted molar refractivity (Wildman–Crippen MR) is 74.6 cm³/mol. The van der Waals surface area contributed by atoms with Gasteiger partial charge in [0.2, 0.25) is 0 Å². The van der Waals surface area contributed by atoms with Crippen molar-refractivity contribution in [3.05, 3.63) is 47.5 Å². The fraction of sp³-hybridized carbons (Fsp3) is 0.188. The van der Waals surface area contributed by atoms with E-state index >= 15 is 0 Å². The Morgan fingerprint density at radius 1 is 1.10 bits per heavy atom. The maximum Gasteiger partial charge on any atom is 0.339 e. The Bertz CT molecular complexity index is 676. The Morgan fingerprint density at radius 2 is 1.90 bits per heavy atom. The van der Waals surface area contributed by atoms with E-state index in [9.17, 15) is 9.90 Å². The summed E-state index contributed by atoms with van der Waals surface area (Å²) in [5, 5.41) is 9.33. The van der Waals surface area contributed by atoms with Gasteiger partial charge in [-0.1, -0.05) is 29.8 Å². The second-order valence-electron chi connectivity index (χ2n) is 4.72. The standard InChI is InChI=1S/C16H14O4/c1-10-3-2-4-11(7-10)12-8-13(16(17)18)15-14(9-12)19-5-6-20-15/h2-4,7-9H,5-6H2,1H3,(H,17,18). The van der Waals surface area contributed by atoms with Crippen LogP contribution in [0.5, 0.6) is 11.5 Å². The van der Waals surface area contributed by atoms with Crippen molar-refractivity contribution >= 4 is 5.97 Å². The molecule has 1 aliphatic heterocycles. The van der Waals surface area contributed by atoms with Gasteiger partial charge in [0.15, 0.2) is 11.5 Å². The largest absolute Gasteiger partial charge is 0.486 e. The van der Waals surface area contributed by atoms with Crippen LogP contribution in [-0.4, -0.2) is 24.3 Å². The zero-order chi connectivity index (χ0) is 14.1. The summed E-state index contributed by atoms with van der Waals surface area (Å²) in [5.41, 5.74) is 3.03. The van der Waals surface area contributed by atoms with E-state index in [1.807, 2.05) is 37.3 Å². The van der Waals surface area contributed by atoms with E-state index in [1.54, 1.807) is 6.07 Å². The topological polar surface area (TPSA) is 55.8 Å². The number of aryl methyl sites for hydroxylation is 1. The van der Waals surface area contributed by atoms with Crippen LogP contribution < -0.4 is 9.47 Å². The van der Waals surface area contributed by atoms with Crippen molar-refractivity contribution in [3.8, 4) is 22.6 Å². The van der Waals surface area contributed by atoms with E-state index in [4.69, 9.17) is 9.47 Å². The van der Waals surface area contributed by atoms with Crippen LogP contribution in [0.1, 0.15) is 15.9 Å². The molecule has 3 rings (SSSR count). The number of rotatable bonds is 2. The molecule has 4 heteroatoms. The number of carboxylic acids is 1. The number of hydrogen-bond donors (Lipinski definition) is 1. The lowest BCUT2D eigenvalue weighted by Gasteiger charge is -2.21. The molecule has 0 aliphatic carbocycles. The zero-order valence-corrected chi connectivity index (χ0v) is 11.1. The molecule has 20 heavy (non-hydrogen) atoms. The van der Waals surface area contributed by atoms with Crippen molar-refractivity contribution in [2.75, 3.05) is 13.2 Å². The molecule has 0 unspecified atom stereocenters. The van der Waals surface area contributed by atoms with Gasteiger partial charge in [-0.05, 0) is 30.2 Å². The summed E-state index contributed by atoms with van der Waals surface area (Å²) in [6.45, 7) is 2.81. The Hall–Kier alpha value is -2.49. The maximum atomic E-state index is 11.4. The van der Waals surface area contributed by atoms with Gasteiger partial charge >= 0.3 is 5.97 Å². The molecular formula is C16H14O4. The fourth-order valence-electron chi connectivity index (χ4n) is 2.30. The summed E-state index contributed by atoms with van der Waals surface area (Å²) in [4.78, 5) is 11.4. The third-order valence-corrected chi connectivity index (χ3v) is 3.22. The van der Waals surface area contributed by atoms with Crippen molar-refractivity contribution in [1.82, 2.24) is 0 Å². The van der Waals surface area contributed by atoms with Crippen LogP contribution in [0.25, 0.3) is 11.1 Å². The summed E-state index contributed by atoms with van der Waals surface area (Å²) in [6.07, 6.45) is 0. The Kier molecular flexibility index (Phi) is 3.06. The second kappa shape index (κ2) is 4.89. The van der Waals surface area contributed by atoms with Crippen LogP contribution in [0.3, 0.4) is 0 Å². The van der Waals surface area contributed by atoms with Crippen LogP contribution in [0, 0.1) is 6.92 Å². The molecular weight excluding hydrogens is 256 g/mol. The summed E-state index contributed by atoms with van der Waals surface area (Å²) >= 11 is 0. The van der Waals surface area contributed by atoms with Crippen molar-refractivity contribution in [2.45, 2.75) is 6.92 Å². The summed E-state index contributed by atoms with van der Waals surface area (Å²) in [6, 6.07) is 11.4. The highest BCUT2D eigenvalue weighted by atomic mass is 16.6. The molecule has 2 aromatic carbocycles. The summed E-state index contributed by atoms with van der Waals surface area (Å²) in [5.74, 6) is -0.200. The molecule has 0 spiro atoms. The first-order valence-corrected chi connectivity index (χ1v) is 6.39. The van der Waals surface area contributed by atoms with Gasteiger partial charge in [0, 0.05) is 0 Å². The smallest absolute Gasteiger partial charge is 0.339 e. The van der Waals surface area contributed by atoms with Gasteiger partial charge in [-0.15, -0.1) is 0 Å². The van der Waals surface area contributed by atoms with Crippen LogP contribution in [0.2, 0.25) is 0 Å². The molecule has 0 saturated carbocycles. The Morgan fingerprint density at radius 3 is 2.65 bits per heavy atom. The fourth-order valence-corrected chi connectivity index (χ4v) is 2.30. The summed E-state index contributed by atoms with van der Waals surface area (Å²) in [7, 11) is 0. The molecule has 1 heterocycles. The Balaban J connectivity index is 2.17. The quantitative estimate of drug-likeness (QED) is 0.910. The minimum absolute atomic E-state index is 0.138. The van der Waals surface area contributed by atoms with E-state index in [0.29, 0.717) is 24.7 Å². The molecule has 102 valence electrons. The highest BCUT2D eigenvalue weighted by molar-refractivity contribution is 5.94. The molecule has 0 amide bonds. The normalized spacial score (nSPS) is 13.1. The van der Waals surface area contributed by atoms with Gasteiger partial charge in [-0.25, -0.2) is 4.79 Å². The molecule has 0 radical (unpaired) electrons. The molecule has 1 N–H and O–H groups in total. The number of fused-ring (bicyclic) bond motifs is 1. The van der Waals surface area contributed by atoms with Crippen LogP contribution in [-0.2, 0) is 0 Å². The minimum Gasteiger partial charge on any atom is -0.486 e. The number of aromatic carboxylic acids is 1. The van der Waals surface area contributed by atoms with Crippen LogP contribution in [0.4, 0.5) is 0 Å². The molecule has 2 aromatic rings. The summed E-state index contributed by atoms with van der Waals surface area (Å²) < 4.78 is 10.9. The van der Waals surface area contributed by atoms with Crippen molar-refractivity contribution < 1.29 is 19.4 Å². The monoisotopic (exact) mass is 270 g/mol. The molecule has 0 saturated heterocycles. The van der Waals surface area contributed by atoms with E-state index in [0.717, 1.165) is 16.7 Å². The van der Waals surface area contributed by atoms with Crippen LogP contribution >= 0.6 is 0 Å². The third-order valence-electron chi connectivity index (χ3n) is 3.22. The maximum absolute atomic E-state index is 11.4. The molecule has 0 fully saturated rings. The number of ether oxygens (including phenoxy) is 2. The van der Waals surface area contributed by atoms with Crippen molar-refractivity contribution in [1.29, 1.82) is 0 Å². The van der Waals surface area contributed by atoms with E-state index in [-0.39, 0.29) is 5.56 Å². The average Bonchev–Trinajstić information content (AvgIpc) is 2.46. The molecule has 0 bridgehead atoms. The van der Waals surface area contributed by atoms with E-state index in [1.165, 1.54) is 0 Å². The molecule has 0 aromatic heterocycles. The number of carbonyl (C=O) groups is 1. The molecule has 0 atom stereocenters. The SMILES string of the molecule is Cc1cccc(-c2cc3c(c(C(=O)O)c2)OCCO3)c1. The van der Waals surface area contributed by atoms with E-state index < -0.39 is 5.97 Å². The predicted octanol–water partition coefficient (Wildman–Crippen LogP) is 3.13. The highest BCUT2D eigenvalue weighted by Gasteiger charge is 2.22. The number of hydrogen-bond acceptors (Lipinski definition) is 3. The van der Waals surface area contributed by atoms with Gasteiger partial charge in [0.1, 0.15) is 18.8 Å². The van der Waals surface area contributed by atoms with Crippen molar-refractivity contribution in [2.24, 2.45) is 0 Å². The van der Waals surface area contributed by atoms with Crippen LogP contribution in [0.15, 0.2) is 36.4 Å². The van der Waals surface area contributed by atoms with Gasteiger partial charge in [0.05, 0.1) is 0 Å². The first kappa shape index (κ1) is 12.5. The van der Waals surface area contributed by atoms with Gasteiger partial charge < -0.3 is 14.6 Å². The first-order chi connectivity index (χ1) is 9.65. The van der Waals surface area contributed by atoms with Gasteiger partial charge in [-0.3, -0.25) is 0 Å². The third kappa shape index (κ3) is 2.20. The highest BCUT2D eigenvalue weighted by Crippen LogP contribution is 2.38. The van der Waals surface area contributed by atoms with E-state index in [2.05, 4.69) is 0 Å². The minimum atomic E-state index is -1.01. The zero-order valence-electron chi connectivity index (χ0n) is 11.1. The molecule has 4 nitrogen and oxygen atoms in total. The van der Waals surface area contributed by atoms with Gasteiger partial charge in [-0.2, -0.15) is 0 Å².